The number of nitrogens with zero attached hydrogens (tertiary/aromatic N) is 8. The topological polar surface area (TPSA) is 378 Å². The van der Waals surface area contributed by atoms with Crippen LogP contribution in [0.4, 0.5) is 16.5 Å². The van der Waals surface area contributed by atoms with Crippen LogP contribution in [0.2, 0.25) is 0 Å². The highest BCUT2D eigenvalue weighted by Crippen LogP contribution is 2.38. The maximum absolute atomic E-state index is 14.5. The lowest BCUT2D eigenvalue weighted by Crippen LogP contribution is -2.58. The maximum Gasteiger partial charge on any atom is 0.407 e. The lowest BCUT2D eigenvalue weighted by Gasteiger charge is -2.39. The Labute approximate surface area is 729 Å². The average molecular weight is 1730 g/mol. The van der Waals surface area contributed by atoms with Crippen molar-refractivity contribution < 1.29 is 95.5 Å². The van der Waals surface area contributed by atoms with Gasteiger partial charge in [0, 0.05) is 115 Å². The molecule has 31 heteroatoms. The quantitative estimate of drug-likeness (QED) is 0.0113. The third kappa shape index (κ3) is 28.5. The predicted molar refractivity (Wildman–Crippen MR) is 468 cm³/mol. The number of hydrogen-bond acceptors (Lipinski definition) is 27. The Balaban J connectivity index is 0.500. The van der Waals surface area contributed by atoms with Crippen molar-refractivity contribution in [2.75, 3.05) is 164 Å². The smallest absolute Gasteiger partial charge is 0.407 e. The maximum atomic E-state index is 14.5. The second-order valence-electron chi connectivity index (χ2n) is 34.2. The zero-order valence-corrected chi connectivity index (χ0v) is 73.9. The van der Waals surface area contributed by atoms with Gasteiger partial charge in [-0.3, -0.25) is 29.0 Å². The molecule has 2 bridgehead atoms. The molecular formula is C93H135N11O20. The molecule has 10 atom stereocenters. The largest absolute Gasteiger partial charge is 0.461 e. The SMILES string of the molecule is CO[C@H]1C[C@@H]2CCC[C@@](O)(O2)C(=O)C(=O)N2CCCC[C@H]2C(=O)O[C@H](CC[C@H]2CC[C@H](OC(=O)NCCOCCOCCN3CCN(CCOCCOCCOCCOCCC(=O)N4CCc5cc(Cn6nc(-c7ccc8oc(N)cc8c7)c7c(N)ncnc76)ccc5C4)CC3)CC2)CC[C@H](C)/C=C(\C)[C@@H](O)[C@@H](OC)C(=O)[C@H](C)C[C@H](C)/C=C/C=C/C=C/1C. The molecule has 3 aromatic heterocycles. The van der Waals surface area contributed by atoms with Crippen molar-refractivity contribution in [1.82, 2.24) is 44.7 Å². The number of piperazine rings is 1. The number of aliphatic hydroxyl groups is 2. The van der Waals surface area contributed by atoms with Crippen LogP contribution in [0, 0.1) is 23.7 Å². The number of ketones is 2. The normalized spacial score (nSPS) is 26.9. The van der Waals surface area contributed by atoms with Gasteiger partial charge >= 0.3 is 12.1 Å². The highest BCUT2D eigenvalue weighted by Gasteiger charge is 2.50. The first-order chi connectivity index (χ1) is 60.0. The second-order valence-corrected chi connectivity index (χ2v) is 34.2. The minimum absolute atomic E-state index is 0.0450. The monoisotopic (exact) mass is 1730 g/mol. The van der Waals surface area contributed by atoms with Gasteiger partial charge in [0.2, 0.25) is 11.7 Å². The number of methoxy groups -OCH3 is 2. The van der Waals surface area contributed by atoms with Gasteiger partial charge in [-0.2, -0.15) is 5.10 Å². The third-order valence-electron chi connectivity index (χ3n) is 24.9. The number of furan rings is 1. The number of allylic oxidation sites excluding steroid dienone is 6. The van der Waals surface area contributed by atoms with E-state index in [1.807, 2.05) is 91.9 Å². The van der Waals surface area contributed by atoms with Crippen LogP contribution in [-0.2, 0) is 95.6 Å². The van der Waals surface area contributed by atoms with Crippen LogP contribution in [-0.4, -0.2) is 286 Å². The number of anilines is 2. The number of rotatable bonds is 33. The van der Waals surface area contributed by atoms with E-state index in [1.165, 1.54) is 23.9 Å². The van der Waals surface area contributed by atoms with Crippen LogP contribution in [0.15, 0.2) is 101 Å². The van der Waals surface area contributed by atoms with Gasteiger partial charge in [-0.1, -0.05) is 75.4 Å². The van der Waals surface area contributed by atoms with Gasteiger partial charge in [0.05, 0.1) is 110 Å². The molecule has 5 aliphatic heterocycles. The van der Waals surface area contributed by atoms with Crippen LogP contribution in [0.1, 0.15) is 160 Å². The highest BCUT2D eigenvalue weighted by atomic mass is 16.6. The molecule has 7 N–H and O–H groups in total. The Kier molecular flexibility index (Phi) is 38.1. The van der Waals surface area contributed by atoms with E-state index in [0.717, 1.165) is 92.6 Å². The number of hydrogen-bond donors (Lipinski definition) is 5. The molecule has 682 valence electrons. The molecule has 3 amide bonds. The molecule has 0 unspecified atom stereocenters. The number of esters is 1. The molecule has 3 saturated heterocycles. The van der Waals surface area contributed by atoms with E-state index >= 15 is 0 Å². The molecule has 11 rings (SSSR count). The number of nitrogens with one attached hydrogen (secondary N) is 1. The van der Waals surface area contributed by atoms with Crippen molar-refractivity contribution in [3.05, 3.63) is 113 Å². The van der Waals surface area contributed by atoms with E-state index in [2.05, 4.69) is 43.3 Å². The summed E-state index contributed by atoms with van der Waals surface area (Å²) in [6, 6.07) is 12.9. The fourth-order valence-corrected chi connectivity index (χ4v) is 17.7. The van der Waals surface area contributed by atoms with E-state index in [-0.39, 0.29) is 48.5 Å². The zero-order valence-electron chi connectivity index (χ0n) is 73.9. The number of ether oxygens (including phenoxy) is 11. The number of alkyl carbamates (subject to hydrolysis) is 1. The summed E-state index contributed by atoms with van der Waals surface area (Å²) in [5.74, 6) is -4.66. The average Bonchev–Trinajstić information content (AvgIpc) is 1.63. The van der Waals surface area contributed by atoms with Crippen LogP contribution in [0.3, 0.4) is 0 Å². The number of aromatic nitrogens is 4. The van der Waals surface area contributed by atoms with Crippen molar-refractivity contribution >= 4 is 69.1 Å². The minimum Gasteiger partial charge on any atom is -0.461 e. The lowest BCUT2D eigenvalue weighted by atomic mass is 9.83. The van der Waals surface area contributed by atoms with Crippen LogP contribution in [0.25, 0.3) is 33.3 Å². The van der Waals surface area contributed by atoms with Gasteiger partial charge in [-0.25, -0.2) is 24.2 Å². The van der Waals surface area contributed by atoms with E-state index < -0.39 is 72.0 Å². The Morgan fingerprint density at radius 1 is 0.685 bits per heavy atom. The molecule has 2 aromatic carbocycles. The first-order valence-electron chi connectivity index (χ1n) is 45.0. The Morgan fingerprint density at radius 2 is 1.39 bits per heavy atom. The number of aliphatic hydroxyl groups excluding tert-OH is 1. The summed E-state index contributed by atoms with van der Waals surface area (Å²) >= 11 is 0. The fraction of sp³-hybridized carbons (Fsp3) is 0.645. The van der Waals surface area contributed by atoms with E-state index in [0.29, 0.717) is 229 Å². The van der Waals surface area contributed by atoms with Gasteiger partial charge < -0.3 is 93.3 Å². The van der Waals surface area contributed by atoms with Crippen molar-refractivity contribution in [1.29, 1.82) is 0 Å². The standard InChI is InChI=1S/C93H135N11O20/c1-63-14-9-8-10-15-65(3)79(113-6)59-76-16-13-32-93(112,124-76)87(108)90(109)103-34-12-11-17-77(103)91(110)121-74(25-18-64(2)55-67(5)85(107)86(114-7)84(106)66(4)54-63)26-20-68-21-27-75(28-22-68)122-92(111)96-33-43-116-47-48-117-44-40-100-36-38-101(39-37-100)41-45-118-49-51-120-53-52-119-50-46-115-42-31-81(105)102-35-30-70-56-69(19-23-72(70)61-102)60-104-89-82(88(95)97-62-98-89)83(99-104)71-24-29-78-73(57-71)58-80(94)123-78/h8-10,14-15,19,23-24,29,55-58,62-64,66,68,74-77,79,85-86,107,112H,11-13,16-18,20-22,25-28,30-54,59-61,94H2,1-7H3,(H,96,111)(H2,95,97,98)/b10-8+,14-9+,65-15+,67-55+/t63-,64+,66-,68-,74+,75-,76+,77+,79+,85-,86+,93-/m1/s1. The number of Topliss-reactive ketones (excluding diaryl/α,β-unsaturated/α-hetero) is 2. The number of fused-ring (bicyclic) bond motifs is 6. The van der Waals surface area contributed by atoms with Crippen molar-refractivity contribution in [3.8, 4) is 11.3 Å². The summed E-state index contributed by atoms with van der Waals surface area (Å²) in [5, 5.41) is 32.8. The van der Waals surface area contributed by atoms with Gasteiger partial charge in [0.25, 0.3) is 11.7 Å². The second kappa shape index (κ2) is 49.1. The number of amides is 3. The number of carbonyl (C=O) groups is 6. The van der Waals surface area contributed by atoms with Gasteiger partial charge in [-0.15, -0.1) is 0 Å². The number of piperidine rings is 1. The Bertz CT molecular complexity index is 4380. The molecule has 124 heavy (non-hydrogen) atoms. The van der Waals surface area contributed by atoms with Crippen LogP contribution < -0.4 is 16.8 Å². The first-order valence-corrected chi connectivity index (χ1v) is 45.0. The molecule has 4 fully saturated rings. The third-order valence-corrected chi connectivity index (χ3v) is 24.9. The summed E-state index contributed by atoms with van der Waals surface area (Å²) in [6.07, 6.45) is 18.2. The molecule has 8 heterocycles. The van der Waals surface area contributed by atoms with Crippen molar-refractivity contribution in [2.24, 2.45) is 23.7 Å². The minimum atomic E-state index is -2.37. The molecule has 31 nitrogen and oxygen atoms in total. The number of cyclic esters (lactones) is 1. The summed E-state index contributed by atoms with van der Waals surface area (Å²) < 4.78 is 72.0. The van der Waals surface area contributed by atoms with E-state index in [1.54, 1.807) is 20.1 Å². The Morgan fingerprint density at radius 3 is 2.10 bits per heavy atom. The number of benzene rings is 2. The molecule has 0 spiro atoms. The molecule has 5 aromatic rings. The summed E-state index contributed by atoms with van der Waals surface area (Å²) in [5.41, 5.74) is 20.0. The molecule has 6 aliphatic rings. The summed E-state index contributed by atoms with van der Waals surface area (Å²) in [6.45, 7) is 22.6. The summed E-state index contributed by atoms with van der Waals surface area (Å²) in [7, 11) is 3.03. The van der Waals surface area contributed by atoms with Crippen molar-refractivity contribution in [2.45, 2.75) is 212 Å². The first kappa shape index (κ1) is 96.2. The highest BCUT2D eigenvalue weighted by molar-refractivity contribution is 6.39. The van der Waals surface area contributed by atoms with E-state index in [9.17, 15) is 39.0 Å². The van der Waals surface area contributed by atoms with E-state index in [4.69, 9.17) is 73.1 Å². The molecule has 0 radical (unpaired) electrons. The van der Waals surface area contributed by atoms with Crippen LogP contribution in [0.5, 0.6) is 0 Å². The number of nitrogens with two attached hydrogens (primary N) is 2. The summed E-state index contributed by atoms with van der Waals surface area (Å²) in [4.78, 5) is 99.8. The predicted octanol–water partition coefficient (Wildman–Crippen LogP) is 10.1. The van der Waals surface area contributed by atoms with Gasteiger partial charge in [0.1, 0.15) is 53.9 Å². The van der Waals surface area contributed by atoms with Gasteiger partial charge in [-0.05, 0) is 174 Å². The zero-order chi connectivity index (χ0) is 87.9. The van der Waals surface area contributed by atoms with Crippen LogP contribution >= 0.6 is 0 Å². The van der Waals surface area contributed by atoms with Gasteiger partial charge in [0.15, 0.2) is 17.3 Å². The molecule has 1 saturated carbocycles. The fourth-order valence-electron chi connectivity index (χ4n) is 17.7. The molecule has 1 aliphatic carbocycles. The number of nitrogen functional groups attached to an aromatic ring is 2. The molecular weight excluding hydrogens is 1590 g/mol. The number of carbonyl (C=O) groups excluding carboxylic acids is 6. The lowest BCUT2D eigenvalue weighted by molar-refractivity contribution is -0.245. The van der Waals surface area contributed by atoms with Crippen molar-refractivity contribution in [3.63, 3.8) is 0 Å². The Hall–Kier alpha value is -8.41.